The number of hydrogen-bond acceptors (Lipinski definition) is 4. The number of aryl methyl sites for hydroxylation is 1. The number of imidazole rings is 1. The molecule has 0 amide bonds. The number of nitrogens with one attached hydrogen (secondary N) is 4. The van der Waals surface area contributed by atoms with E-state index < -0.39 is 0 Å². The number of rotatable bonds is 6. The summed E-state index contributed by atoms with van der Waals surface area (Å²) in [5.74, 6) is 1.32. The van der Waals surface area contributed by atoms with E-state index in [1.165, 1.54) is 31.5 Å². The number of aromatic nitrogens is 2. The molecule has 2 aromatic rings. The Kier molecular flexibility index (Phi) is 5.47. The Morgan fingerprint density at radius 3 is 2.86 bits per heavy atom. The van der Waals surface area contributed by atoms with E-state index in [1.54, 1.807) is 18.2 Å². The van der Waals surface area contributed by atoms with Crippen molar-refractivity contribution in [3.05, 3.63) is 52.9 Å². The molecule has 1 aromatic heterocycles. The second-order valence-electron chi connectivity index (χ2n) is 7.87. The first-order valence-corrected chi connectivity index (χ1v) is 10.2. The predicted octanol–water partition coefficient (Wildman–Crippen LogP) is 3.85. The summed E-state index contributed by atoms with van der Waals surface area (Å²) >= 11 is 0. The van der Waals surface area contributed by atoms with Crippen molar-refractivity contribution in [2.24, 2.45) is 5.92 Å². The summed E-state index contributed by atoms with van der Waals surface area (Å²) in [5, 5.41) is 20.1. The molecule has 1 fully saturated rings. The summed E-state index contributed by atoms with van der Waals surface area (Å²) in [6.45, 7) is 3.94. The zero-order valence-corrected chi connectivity index (χ0v) is 16.7. The molecule has 152 valence electrons. The van der Waals surface area contributed by atoms with Gasteiger partial charge in [-0.15, -0.1) is 0 Å². The number of amidine groups is 1. The third kappa shape index (κ3) is 3.95. The zero-order chi connectivity index (χ0) is 20.4. The highest BCUT2D eigenvalue weighted by Crippen LogP contribution is 2.28. The molecule has 0 saturated heterocycles. The van der Waals surface area contributed by atoms with E-state index in [9.17, 15) is 4.39 Å². The minimum Gasteiger partial charge on any atom is -0.386 e. The van der Waals surface area contributed by atoms with Crippen molar-refractivity contribution in [1.82, 2.24) is 20.2 Å². The molecule has 2 aliphatic rings. The molecule has 2 heterocycles. The summed E-state index contributed by atoms with van der Waals surface area (Å²) in [5.41, 5.74) is 3.42. The lowest BCUT2D eigenvalue weighted by atomic mass is 9.85. The molecule has 0 bridgehead atoms. The Morgan fingerprint density at radius 2 is 2.17 bits per heavy atom. The van der Waals surface area contributed by atoms with Crippen LogP contribution in [0.3, 0.4) is 0 Å². The van der Waals surface area contributed by atoms with Gasteiger partial charge in [0.15, 0.2) is 0 Å². The molecule has 0 unspecified atom stereocenters. The first-order valence-electron chi connectivity index (χ1n) is 10.2. The largest absolute Gasteiger partial charge is 0.386 e. The van der Waals surface area contributed by atoms with Crippen molar-refractivity contribution in [2.75, 3.05) is 19.6 Å². The number of benzene rings is 1. The Hall–Kier alpha value is -2.96. The van der Waals surface area contributed by atoms with E-state index in [0.717, 1.165) is 17.8 Å². The molecular formula is C22H27FN6. The summed E-state index contributed by atoms with van der Waals surface area (Å²) in [7, 11) is 0. The SMILES string of the molecule is Cc1nc(-c2ccccc2F)c(C(=N)N2CCC(C=N)=C(NCC3CCC3)C2)[nH]1. The van der Waals surface area contributed by atoms with Crippen LogP contribution in [0.5, 0.6) is 0 Å². The highest BCUT2D eigenvalue weighted by molar-refractivity contribution is 6.00. The number of nitrogens with zero attached hydrogens (tertiary/aromatic N) is 2. The Morgan fingerprint density at radius 1 is 1.38 bits per heavy atom. The lowest BCUT2D eigenvalue weighted by Crippen LogP contribution is -2.42. The van der Waals surface area contributed by atoms with Gasteiger partial charge < -0.3 is 20.6 Å². The average Bonchev–Trinajstić information content (AvgIpc) is 3.08. The average molecular weight is 394 g/mol. The summed E-state index contributed by atoms with van der Waals surface area (Å²) in [6.07, 6.45) is 5.96. The van der Waals surface area contributed by atoms with Gasteiger partial charge in [0, 0.05) is 30.6 Å². The Bertz CT molecular complexity index is 956. The number of aromatic amines is 1. The van der Waals surface area contributed by atoms with Crippen molar-refractivity contribution in [2.45, 2.75) is 32.6 Å². The van der Waals surface area contributed by atoms with Crippen LogP contribution in [0, 0.1) is 29.5 Å². The van der Waals surface area contributed by atoms with Crippen LogP contribution in [-0.4, -0.2) is 46.6 Å². The fraction of sp³-hybridized carbons (Fsp3) is 0.409. The van der Waals surface area contributed by atoms with Gasteiger partial charge in [0.05, 0.1) is 6.54 Å². The third-order valence-corrected chi connectivity index (χ3v) is 5.89. The van der Waals surface area contributed by atoms with Gasteiger partial charge in [0.25, 0.3) is 0 Å². The van der Waals surface area contributed by atoms with E-state index in [2.05, 4.69) is 15.3 Å². The van der Waals surface area contributed by atoms with Crippen molar-refractivity contribution in [1.29, 1.82) is 10.8 Å². The smallest absolute Gasteiger partial charge is 0.147 e. The van der Waals surface area contributed by atoms with Crippen LogP contribution in [0.2, 0.25) is 0 Å². The maximum Gasteiger partial charge on any atom is 0.147 e. The zero-order valence-electron chi connectivity index (χ0n) is 16.7. The topological polar surface area (TPSA) is 91.7 Å². The van der Waals surface area contributed by atoms with Gasteiger partial charge in [-0.3, -0.25) is 5.41 Å². The maximum atomic E-state index is 14.4. The highest BCUT2D eigenvalue weighted by Gasteiger charge is 2.26. The standard InChI is InChI=1S/C22H27FN6/c1-14-27-20(17-7-2-3-8-18(17)23)21(28-14)22(25)29-10-9-16(11-24)19(13-29)26-12-15-5-4-6-15/h2-3,7-8,11,15,24-26H,4-6,9-10,12-13H2,1H3,(H,27,28). The predicted molar refractivity (Wildman–Crippen MR) is 113 cm³/mol. The monoisotopic (exact) mass is 394 g/mol. The third-order valence-electron chi connectivity index (χ3n) is 5.89. The van der Waals surface area contributed by atoms with E-state index in [4.69, 9.17) is 10.8 Å². The lowest BCUT2D eigenvalue weighted by molar-refractivity contribution is 0.303. The first-order chi connectivity index (χ1) is 14.1. The Balaban J connectivity index is 1.56. The van der Waals surface area contributed by atoms with Crippen LogP contribution < -0.4 is 5.32 Å². The normalized spacial score (nSPS) is 17.2. The summed E-state index contributed by atoms with van der Waals surface area (Å²) in [4.78, 5) is 9.58. The summed E-state index contributed by atoms with van der Waals surface area (Å²) in [6, 6.07) is 6.53. The summed E-state index contributed by atoms with van der Waals surface area (Å²) < 4.78 is 14.4. The van der Waals surface area contributed by atoms with Crippen LogP contribution >= 0.6 is 0 Å². The van der Waals surface area contributed by atoms with Gasteiger partial charge in [-0.2, -0.15) is 0 Å². The first kappa shape index (κ1) is 19.4. The second kappa shape index (κ2) is 8.19. The maximum absolute atomic E-state index is 14.4. The van der Waals surface area contributed by atoms with Crippen molar-refractivity contribution < 1.29 is 4.39 Å². The molecule has 7 heteroatoms. The van der Waals surface area contributed by atoms with Crippen molar-refractivity contribution >= 4 is 12.1 Å². The van der Waals surface area contributed by atoms with E-state index in [0.29, 0.717) is 54.0 Å². The molecule has 29 heavy (non-hydrogen) atoms. The molecule has 1 aliphatic carbocycles. The van der Waals surface area contributed by atoms with Gasteiger partial charge in [-0.05, 0) is 49.8 Å². The molecule has 4 N–H and O–H groups in total. The second-order valence-corrected chi connectivity index (χ2v) is 7.87. The molecule has 1 saturated carbocycles. The van der Waals surface area contributed by atoms with Crippen LogP contribution in [0.25, 0.3) is 11.3 Å². The quantitative estimate of drug-likeness (QED) is 0.443. The van der Waals surface area contributed by atoms with Gasteiger partial charge in [-0.1, -0.05) is 18.6 Å². The van der Waals surface area contributed by atoms with Crippen molar-refractivity contribution in [3.63, 3.8) is 0 Å². The van der Waals surface area contributed by atoms with E-state index in [-0.39, 0.29) is 5.82 Å². The fourth-order valence-corrected chi connectivity index (χ4v) is 3.93. The molecular weight excluding hydrogens is 367 g/mol. The molecule has 1 aliphatic heterocycles. The van der Waals surface area contributed by atoms with Crippen molar-refractivity contribution in [3.8, 4) is 11.3 Å². The van der Waals surface area contributed by atoms with Gasteiger partial charge in [-0.25, -0.2) is 9.37 Å². The number of H-pyrrole nitrogens is 1. The van der Waals surface area contributed by atoms with Gasteiger partial charge >= 0.3 is 0 Å². The number of halogens is 1. The fourth-order valence-electron chi connectivity index (χ4n) is 3.93. The van der Waals surface area contributed by atoms with E-state index in [1.807, 2.05) is 11.8 Å². The molecule has 0 radical (unpaired) electrons. The molecule has 0 spiro atoms. The minimum absolute atomic E-state index is 0.302. The van der Waals surface area contributed by atoms with Gasteiger partial charge in [0.2, 0.25) is 0 Å². The lowest BCUT2D eigenvalue weighted by Gasteiger charge is -2.34. The van der Waals surface area contributed by atoms with Gasteiger partial charge in [0.1, 0.15) is 28.9 Å². The highest BCUT2D eigenvalue weighted by atomic mass is 19.1. The van der Waals surface area contributed by atoms with Crippen LogP contribution in [0.4, 0.5) is 4.39 Å². The van der Waals surface area contributed by atoms with E-state index >= 15 is 0 Å². The molecule has 6 nitrogen and oxygen atoms in total. The molecule has 0 atom stereocenters. The van der Waals surface area contributed by atoms with Crippen LogP contribution in [0.1, 0.15) is 37.2 Å². The molecule has 4 rings (SSSR count). The van der Waals surface area contributed by atoms with Crippen LogP contribution in [-0.2, 0) is 0 Å². The Labute approximate surface area is 170 Å². The molecule has 1 aromatic carbocycles. The number of hydrogen-bond donors (Lipinski definition) is 4. The minimum atomic E-state index is -0.347. The van der Waals surface area contributed by atoms with Crippen LogP contribution in [0.15, 0.2) is 35.5 Å².